The van der Waals surface area contributed by atoms with Gasteiger partial charge in [-0.1, -0.05) is 18.7 Å². The largest absolute Gasteiger partial charge is 0.463 e. The molecule has 0 aliphatic carbocycles. The molecule has 23 heavy (non-hydrogen) atoms. The smallest absolute Gasteiger partial charge is 0.222 e. The number of ether oxygens (including phenoxy) is 2. The van der Waals surface area contributed by atoms with E-state index in [1.54, 1.807) is 22.7 Å². The van der Waals surface area contributed by atoms with Gasteiger partial charge in [0.2, 0.25) is 5.79 Å². The lowest BCUT2D eigenvalue weighted by Gasteiger charge is -2.41. The molecule has 3 nitrogen and oxygen atoms in total. The van der Waals surface area contributed by atoms with Crippen LogP contribution in [0, 0.1) is 0 Å². The molecule has 4 heterocycles. The van der Waals surface area contributed by atoms with Crippen molar-refractivity contribution < 1.29 is 14.0 Å². The molecule has 0 atom stereocenters. The molecule has 2 aliphatic heterocycles. The summed E-state index contributed by atoms with van der Waals surface area (Å²) in [6.07, 6.45) is 1.80. The highest BCUT2D eigenvalue weighted by Crippen LogP contribution is 2.55. The van der Waals surface area contributed by atoms with Crippen molar-refractivity contribution in [1.29, 1.82) is 0 Å². The SMILES string of the molecule is C=C1OC2(CC[N+](C)(C)CC2)OC1(c1cccs1)c1cccs1. The maximum atomic E-state index is 6.76. The topological polar surface area (TPSA) is 18.5 Å². The van der Waals surface area contributed by atoms with E-state index in [1.165, 1.54) is 0 Å². The minimum atomic E-state index is -0.642. The maximum Gasteiger partial charge on any atom is 0.222 e. The van der Waals surface area contributed by atoms with E-state index < -0.39 is 11.4 Å². The minimum Gasteiger partial charge on any atom is -0.463 e. The lowest BCUT2D eigenvalue weighted by molar-refractivity contribution is -0.898. The summed E-state index contributed by atoms with van der Waals surface area (Å²) in [5.74, 6) is 0.202. The summed E-state index contributed by atoms with van der Waals surface area (Å²) >= 11 is 3.41. The molecule has 2 aromatic rings. The normalized spacial score (nSPS) is 24.7. The summed E-state index contributed by atoms with van der Waals surface area (Å²) in [6, 6.07) is 8.39. The van der Waals surface area contributed by atoms with E-state index in [9.17, 15) is 0 Å². The molecule has 2 aromatic heterocycles. The number of quaternary nitrogens is 1. The Hall–Kier alpha value is -1.14. The first kappa shape index (κ1) is 15.4. The van der Waals surface area contributed by atoms with Gasteiger partial charge in [-0.25, -0.2) is 0 Å². The first-order chi connectivity index (χ1) is 11.0. The molecule has 4 rings (SSSR count). The molecular formula is C18H22NO2S2+. The third kappa shape index (κ3) is 2.38. The standard InChI is InChI=1S/C18H22NO2S2/c1-14-18(15-6-4-12-22-15,16-7-5-13-23-16)21-17(20-14)8-10-19(2,3)11-9-17/h4-7,12-13H,1,8-11H2,2-3H3/q+1. The highest BCUT2D eigenvalue weighted by molar-refractivity contribution is 7.11. The lowest BCUT2D eigenvalue weighted by atomic mass is 9.97. The Balaban J connectivity index is 1.76. The highest BCUT2D eigenvalue weighted by atomic mass is 32.1. The van der Waals surface area contributed by atoms with Gasteiger partial charge in [-0.2, -0.15) is 0 Å². The molecule has 5 heteroatoms. The molecule has 0 N–H and O–H groups in total. The number of hydrogen-bond acceptors (Lipinski definition) is 4. The summed E-state index contributed by atoms with van der Waals surface area (Å²) in [5.41, 5.74) is -0.642. The van der Waals surface area contributed by atoms with Crippen LogP contribution in [0.4, 0.5) is 0 Å². The van der Waals surface area contributed by atoms with Crippen molar-refractivity contribution in [2.45, 2.75) is 24.2 Å². The summed E-state index contributed by atoms with van der Waals surface area (Å²) in [7, 11) is 4.53. The van der Waals surface area contributed by atoms with E-state index in [0.717, 1.165) is 45.9 Å². The van der Waals surface area contributed by atoms with E-state index in [4.69, 9.17) is 9.47 Å². The fourth-order valence-corrected chi connectivity index (χ4v) is 5.34. The van der Waals surface area contributed by atoms with Gasteiger partial charge in [0.05, 0.1) is 40.0 Å². The molecule has 0 bridgehead atoms. The Morgan fingerprint density at radius 3 is 2.09 bits per heavy atom. The Morgan fingerprint density at radius 1 is 1.04 bits per heavy atom. The summed E-state index contributed by atoms with van der Waals surface area (Å²) in [6.45, 7) is 6.37. The lowest BCUT2D eigenvalue weighted by Crippen LogP contribution is -2.53. The molecule has 122 valence electrons. The average molecular weight is 349 g/mol. The van der Waals surface area contributed by atoms with Gasteiger partial charge in [0.25, 0.3) is 0 Å². The van der Waals surface area contributed by atoms with E-state index in [2.05, 4.69) is 55.7 Å². The van der Waals surface area contributed by atoms with Crippen LogP contribution in [-0.2, 0) is 15.1 Å². The Labute approximate surface area is 145 Å². The van der Waals surface area contributed by atoms with Crippen LogP contribution in [0.15, 0.2) is 47.4 Å². The second-order valence-electron chi connectivity index (χ2n) is 7.06. The zero-order valence-electron chi connectivity index (χ0n) is 13.6. The highest BCUT2D eigenvalue weighted by Gasteiger charge is 2.59. The van der Waals surface area contributed by atoms with Gasteiger partial charge in [-0.15, -0.1) is 22.7 Å². The van der Waals surface area contributed by atoms with Gasteiger partial charge in [-0.3, -0.25) is 0 Å². The second kappa shape index (κ2) is 5.18. The van der Waals surface area contributed by atoms with Crippen LogP contribution in [0.1, 0.15) is 22.6 Å². The van der Waals surface area contributed by atoms with Gasteiger partial charge < -0.3 is 14.0 Å². The maximum absolute atomic E-state index is 6.76. The van der Waals surface area contributed by atoms with Gasteiger partial charge in [0.15, 0.2) is 5.60 Å². The minimum absolute atomic E-state index is 0.529. The fraction of sp³-hybridized carbons (Fsp3) is 0.444. The molecule has 2 saturated heterocycles. The summed E-state index contributed by atoms with van der Waals surface area (Å²) < 4.78 is 14.1. The number of piperidine rings is 1. The molecule has 2 fully saturated rings. The van der Waals surface area contributed by atoms with Crippen molar-refractivity contribution in [2.24, 2.45) is 0 Å². The van der Waals surface area contributed by atoms with Crippen LogP contribution in [0.2, 0.25) is 0 Å². The Morgan fingerprint density at radius 2 is 1.61 bits per heavy atom. The quantitative estimate of drug-likeness (QED) is 0.758. The molecule has 0 saturated carbocycles. The van der Waals surface area contributed by atoms with Crippen molar-refractivity contribution >= 4 is 22.7 Å². The van der Waals surface area contributed by atoms with Crippen molar-refractivity contribution in [1.82, 2.24) is 0 Å². The van der Waals surface area contributed by atoms with E-state index >= 15 is 0 Å². The third-order valence-electron chi connectivity index (χ3n) is 4.97. The van der Waals surface area contributed by atoms with E-state index in [0.29, 0.717) is 0 Å². The zero-order valence-corrected chi connectivity index (χ0v) is 15.2. The first-order valence-corrected chi connectivity index (χ1v) is 9.70. The van der Waals surface area contributed by atoms with Crippen LogP contribution in [-0.4, -0.2) is 37.5 Å². The third-order valence-corrected chi connectivity index (χ3v) is 6.91. The molecule has 0 radical (unpaired) electrons. The number of hydrogen-bond donors (Lipinski definition) is 0. The van der Waals surface area contributed by atoms with Crippen molar-refractivity contribution in [2.75, 3.05) is 27.2 Å². The molecule has 1 spiro atoms. The molecular weight excluding hydrogens is 326 g/mol. The number of nitrogens with zero attached hydrogens (tertiary/aromatic N) is 1. The van der Waals surface area contributed by atoms with Crippen LogP contribution in [0.25, 0.3) is 0 Å². The Kier molecular flexibility index (Phi) is 3.47. The first-order valence-electron chi connectivity index (χ1n) is 7.94. The van der Waals surface area contributed by atoms with Crippen molar-refractivity contribution in [3.05, 3.63) is 57.1 Å². The van der Waals surface area contributed by atoms with Crippen LogP contribution < -0.4 is 0 Å². The van der Waals surface area contributed by atoms with Gasteiger partial charge in [0, 0.05) is 9.75 Å². The molecule has 0 unspecified atom stereocenters. The van der Waals surface area contributed by atoms with Crippen molar-refractivity contribution in [3.63, 3.8) is 0 Å². The summed E-state index contributed by atoms with van der Waals surface area (Å²) in [5, 5.41) is 4.18. The monoisotopic (exact) mass is 348 g/mol. The molecule has 0 amide bonds. The molecule has 0 aromatic carbocycles. The Bertz CT molecular complexity index is 659. The van der Waals surface area contributed by atoms with Crippen LogP contribution in [0.5, 0.6) is 0 Å². The van der Waals surface area contributed by atoms with Crippen LogP contribution in [0.3, 0.4) is 0 Å². The van der Waals surface area contributed by atoms with E-state index in [-0.39, 0.29) is 0 Å². The van der Waals surface area contributed by atoms with Crippen LogP contribution >= 0.6 is 22.7 Å². The number of rotatable bonds is 2. The van der Waals surface area contributed by atoms with Crippen molar-refractivity contribution in [3.8, 4) is 0 Å². The fourth-order valence-electron chi connectivity index (χ4n) is 3.49. The average Bonchev–Trinajstić information content (AvgIpc) is 3.24. The van der Waals surface area contributed by atoms with Gasteiger partial charge in [0.1, 0.15) is 5.76 Å². The van der Waals surface area contributed by atoms with Gasteiger partial charge >= 0.3 is 0 Å². The zero-order chi connectivity index (χ0) is 16.1. The number of likely N-dealkylation sites (tertiary alicyclic amines) is 1. The van der Waals surface area contributed by atoms with Gasteiger partial charge in [-0.05, 0) is 22.9 Å². The predicted molar refractivity (Wildman–Crippen MR) is 94.5 cm³/mol. The summed E-state index contributed by atoms with van der Waals surface area (Å²) in [4.78, 5) is 2.31. The predicted octanol–water partition coefficient (Wildman–Crippen LogP) is 4.18. The number of thiophene rings is 2. The molecule has 2 aliphatic rings. The second-order valence-corrected chi connectivity index (χ2v) is 8.95. The van der Waals surface area contributed by atoms with E-state index in [1.807, 2.05) is 0 Å².